The van der Waals surface area contributed by atoms with Crippen molar-refractivity contribution < 1.29 is 19.2 Å². The molecule has 0 saturated carbocycles. The van der Waals surface area contributed by atoms with Crippen LogP contribution in [-0.2, 0) is 24.6 Å². The number of piperidine rings is 1. The van der Waals surface area contributed by atoms with E-state index in [9.17, 15) is 19.2 Å². The van der Waals surface area contributed by atoms with Crippen molar-refractivity contribution in [2.24, 2.45) is 0 Å². The Morgan fingerprint density at radius 3 is 2.37 bits per heavy atom. The third kappa shape index (κ3) is 4.91. The Labute approximate surface area is 158 Å². The minimum Gasteiger partial charge on any atom is -0.347 e. The summed E-state index contributed by atoms with van der Waals surface area (Å²) < 4.78 is 0. The van der Waals surface area contributed by atoms with Crippen LogP contribution in [0.5, 0.6) is 0 Å². The van der Waals surface area contributed by atoms with Gasteiger partial charge in [-0.25, -0.2) is 0 Å². The molecule has 1 fully saturated rings. The summed E-state index contributed by atoms with van der Waals surface area (Å²) in [4.78, 5) is 49.5. The van der Waals surface area contributed by atoms with Crippen molar-refractivity contribution in [1.29, 1.82) is 0 Å². The highest BCUT2D eigenvalue weighted by Gasteiger charge is 2.42. The fourth-order valence-electron chi connectivity index (χ4n) is 3.10. The zero-order chi connectivity index (χ0) is 20.0. The summed E-state index contributed by atoms with van der Waals surface area (Å²) in [5.41, 5.74) is 0.494. The Balaban J connectivity index is 2.02. The molecule has 8 heteroatoms. The van der Waals surface area contributed by atoms with Gasteiger partial charge >= 0.3 is 11.8 Å². The van der Waals surface area contributed by atoms with E-state index in [4.69, 9.17) is 0 Å². The molecule has 8 nitrogen and oxygen atoms in total. The van der Waals surface area contributed by atoms with E-state index in [-0.39, 0.29) is 11.8 Å². The van der Waals surface area contributed by atoms with Gasteiger partial charge in [0, 0.05) is 25.2 Å². The number of imide groups is 1. The van der Waals surface area contributed by atoms with Crippen LogP contribution in [0.15, 0.2) is 24.3 Å². The van der Waals surface area contributed by atoms with Crippen LogP contribution < -0.4 is 16.0 Å². The van der Waals surface area contributed by atoms with Crippen molar-refractivity contribution in [3.05, 3.63) is 29.8 Å². The molecule has 27 heavy (non-hydrogen) atoms. The summed E-state index contributed by atoms with van der Waals surface area (Å²) in [6.07, 6.45) is 1.31. The summed E-state index contributed by atoms with van der Waals surface area (Å²) in [6.45, 7) is 2.92. The van der Waals surface area contributed by atoms with Crippen LogP contribution in [0.1, 0.15) is 31.7 Å². The predicted octanol–water partition coefficient (Wildman–Crippen LogP) is 0.387. The monoisotopic (exact) mass is 374 g/mol. The van der Waals surface area contributed by atoms with Gasteiger partial charge in [0.1, 0.15) is 0 Å². The zero-order valence-corrected chi connectivity index (χ0v) is 15.9. The normalized spacial score (nSPS) is 19.6. The molecule has 0 spiro atoms. The second-order valence-corrected chi connectivity index (χ2v) is 6.90. The molecule has 1 aromatic carbocycles. The highest BCUT2D eigenvalue weighted by Crippen LogP contribution is 2.36. The minimum atomic E-state index is -0.750. The largest absolute Gasteiger partial charge is 0.347 e. The van der Waals surface area contributed by atoms with E-state index in [0.29, 0.717) is 38.0 Å². The second kappa shape index (κ2) is 8.77. The lowest BCUT2D eigenvalue weighted by molar-refractivity contribution is -0.138. The molecule has 1 atom stereocenters. The van der Waals surface area contributed by atoms with Crippen molar-refractivity contribution in [2.75, 3.05) is 32.5 Å². The van der Waals surface area contributed by atoms with Gasteiger partial charge in [-0.15, -0.1) is 0 Å². The average Bonchev–Trinajstić information content (AvgIpc) is 2.62. The number of anilines is 1. The number of hydrogen-bond acceptors (Lipinski definition) is 5. The molecule has 0 unspecified atom stereocenters. The molecule has 146 valence electrons. The van der Waals surface area contributed by atoms with Crippen LogP contribution >= 0.6 is 0 Å². The molecule has 0 bridgehead atoms. The van der Waals surface area contributed by atoms with Crippen LogP contribution in [0.4, 0.5) is 5.69 Å². The molecule has 1 heterocycles. The molecule has 3 N–H and O–H groups in total. The highest BCUT2D eigenvalue weighted by atomic mass is 16.2. The number of benzene rings is 1. The SMILES string of the molecule is CC[C@]1(c2ccc(NC(=O)C(=O)NCCN(C)C)cc2)CCC(=O)NC1=O. The first kappa shape index (κ1) is 20.6. The maximum atomic E-state index is 12.4. The Bertz CT molecular complexity index is 730. The second-order valence-electron chi connectivity index (χ2n) is 6.90. The molecular formula is C19H26N4O4. The third-order valence-corrected chi connectivity index (χ3v) is 4.82. The van der Waals surface area contributed by atoms with Crippen molar-refractivity contribution >= 4 is 29.3 Å². The zero-order valence-electron chi connectivity index (χ0n) is 15.9. The first-order valence-corrected chi connectivity index (χ1v) is 8.97. The molecule has 1 saturated heterocycles. The van der Waals surface area contributed by atoms with E-state index in [2.05, 4.69) is 16.0 Å². The van der Waals surface area contributed by atoms with Crippen LogP contribution in [-0.4, -0.2) is 55.7 Å². The van der Waals surface area contributed by atoms with E-state index < -0.39 is 17.2 Å². The quantitative estimate of drug-likeness (QED) is 0.493. The van der Waals surface area contributed by atoms with Crippen LogP contribution in [0.2, 0.25) is 0 Å². The summed E-state index contributed by atoms with van der Waals surface area (Å²) >= 11 is 0. The molecule has 1 aliphatic heterocycles. The van der Waals surface area contributed by atoms with Crippen molar-refractivity contribution in [1.82, 2.24) is 15.5 Å². The smallest absolute Gasteiger partial charge is 0.313 e. The van der Waals surface area contributed by atoms with Gasteiger partial charge < -0.3 is 15.5 Å². The molecule has 0 aromatic heterocycles. The van der Waals surface area contributed by atoms with E-state index in [1.54, 1.807) is 24.3 Å². The fraction of sp³-hybridized carbons (Fsp3) is 0.474. The molecule has 4 amide bonds. The number of likely N-dealkylation sites (N-methyl/N-ethyl adjacent to an activating group) is 1. The van der Waals surface area contributed by atoms with Crippen molar-refractivity contribution in [3.63, 3.8) is 0 Å². The number of nitrogens with zero attached hydrogens (tertiary/aromatic N) is 1. The first-order chi connectivity index (χ1) is 12.8. The fourth-order valence-corrected chi connectivity index (χ4v) is 3.10. The van der Waals surface area contributed by atoms with Crippen LogP contribution in [0.25, 0.3) is 0 Å². The maximum Gasteiger partial charge on any atom is 0.313 e. The van der Waals surface area contributed by atoms with Gasteiger partial charge in [-0.1, -0.05) is 19.1 Å². The first-order valence-electron chi connectivity index (χ1n) is 8.97. The van der Waals surface area contributed by atoms with Crippen LogP contribution in [0.3, 0.4) is 0 Å². The molecular weight excluding hydrogens is 348 g/mol. The lowest BCUT2D eigenvalue weighted by atomic mass is 9.72. The number of carbonyl (C=O) groups excluding carboxylic acids is 4. The van der Waals surface area contributed by atoms with Gasteiger partial charge in [0.25, 0.3) is 0 Å². The summed E-state index contributed by atoms with van der Waals surface area (Å²) in [5, 5.41) is 7.49. The van der Waals surface area contributed by atoms with Gasteiger partial charge in [-0.05, 0) is 44.6 Å². The Hall–Kier alpha value is -2.74. The standard InChI is InChI=1S/C19H26N4O4/c1-4-19(10-9-15(24)22-18(19)27)13-5-7-14(8-6-13)21-17(26)16(25)20-11-12-23(2)3/h5-8H,4,9-12H2,1-3H3,(H,20,25)(H,21,26)(H,22,24,27)/t19-/m1/s1. The van der Waals surface area contributed by atoms with Gasteiger partial charge in [0.05, 0.1) is 5.41 Å². The number of amides is 4. The highest BCUT2D eigenvalue weighted by molar-refractivity contribution is 6.39. The number of rotatable bonds is 6. The molecule has 0 radical (unpaired) electrons. The molecule has 1 aromatic rings. The average molecular weight is 374 g/mol. The summed E-state index contributed by atoms with van der Waals surface area (Å²) in [7, 11) is 3.75. The van der Waals surface area contributed by atoms with Gasteiger partial charge in [-0.3, -0.25) is 24.5 Å². The van der Waals surface area contributed by atoms with Crippen molar-refractivity contribution in [2.45, 2.75) is 31.6 Å². The summed E-state index contributed by atoms with van der Waals surface area (Å²) in [6, 6.07) is 6.81. The maximum absolute atomic E-state index is 12.4. The van der Waals surface area contributed by atoms with E-state index in [1.807, 2.05) is 25.9 Å². The van der Waals surface area contributed by atoms with E-state index >= 15 is 0 Å². The van der Waals surface area contributed by atoms with Crippen molar-refractivity contribution in [3.8, 4) is 0 Å². The molecule has 2 rings (SSSR count). The molecule has 1 aliphatic rings. The Kier molecular flexibility index (Phi) is 6.68. The van der Waals surface area contributed by atoms with E-state index in [0.717, 1.165) is 5.56 Å². The van der Waals surface area contributed by atoms with Gasteiger partial charge in [0.2, 0.25) is 11.8 Å². The summed E-state index contributed by atoms with van der Waals surface area (Å²) in [5.74, 6) is -1.99. The van der Waals surface area contributed by atoms with Gasteiger partial charge in [0.15, 0.2) is 0 Å². The topological polar surface area (TPSA) is 108 Å². The van der Waals surface area contributed by atoms with E-state index in [1.165, 1.54) is 0 Å². The van der Waals surface area contributed by atoms with Crippen LogP contribution in [0, 0.1) is 0 Å². The minimum absolute atomic E-state index is 0.256. The lowest BCUT2D eigenvalue weighted by Gasteiger charge is -2.35. The Morgan fingerprint density at radius 1 is 1.15 bits per heavy atom. The predicted molar refractivity (Wildman–Crippen MR) is 101 cm³/mol. The Morgan fingerprint density at radius 2 is 1.81 bits per heavy atom. The number of carbonyl (C=O) groups is 4. The molecule has 0 aliphatic carbocycles. The number of hydrogen-bond donors (Lipinski definition) is 3. The van der Waals surface area contributed by atoms with Gasteiger partial charge in [-0.2, -0.15) is 0 Å². The third-order valence-electron chi connectivity index (χ3n) is 4.82. The lowest BCUT2D eigenvalue weighted by Crippen LogP contribution is -2.51. The number of nitrogens with one attached hydrogen (secondary N) is 3.